The lowest BCUT2D eigenvalue weighted by Gasteiger charge is -2.41. The minimum Gasteiger partial charge on any atom is -0.497 e. The third kappa shape index (κ3) is 4.52. The summed E-state index contributed by atoms with van der Waals surface area (Å²) >= 11 is 0. The van der Waals surface area contributed by atoms with Crippen molar-refractivity contribution in [1.82, 2.24) is 9.88 Å². The van der Waals surface area contributed by atoms with Crippen LogP contribution in [0.1, 0.15) is 35.3 Å². The fraction of sp³-hybridized carbons (Fsp3) is 0.520. The number of carbonyl (C=O) groups is 1. The third-order valence-electron chi connectivity index (χ3n) is 6.99. The molecule has 1 aromatic heterocycles. The first-order chi connectivity index (χ1) is 16.8. The van der Waals surface area contributed by atoms with Crippen molar-refractivity contribution in [1.29, 1.82) is 0 Å². The quantitative estimate of drug-likeness (QED) is 0.586. The molecule has 1 aliphatic carbocycles. The van der Waals surface area contributed by atoms with Gasteiger partial charge in [0, 0.05) is 49.6 Å². The summed E-state index contributed by atoms with van der Waals surface area (Å²) in [5, 5.41) is 0. The molecule has 2 unspecified atom stereocenters. The lowest BCUT2D eigenvalue weighted by atomic mass is 9.82. The van der Waals surface area contributed by atoms with Crippen LogP contribution in [-0.2, 0) is 15.1 Å². The molecule has 5 rings (SSSR count). The van der Waals surface area contributed by atoms with Crippen LogP contribution in [0.15, 0.2) is 36.5 Å². The Morgan fingerprint density at radius 3 is 2.74 bits per heavy atom. The summed E-state index contributed by atoms with van der Waals surface area (Å²) in [6.07, 6.45) is 1.49. The second kappa shape index (κ2) is 9.23. The molecule has 2 saturated heterocycles. The standard InChI is InChI=1S/C25H28F2N2O6/c1-31-18-5-7-28-21(10-18)25-6-8-29(13-22(25)34-15-35-25)23(30)17-3-4-19(20(9-17)32-2)33-14-16-11-24(26,27)12-16/h3-5,7,9-10,16,22H,6,8,11-15H2,1-2H3. The van der Waals surface area contributed by atoms with Gasteiger partial charge in [-0.15, -0.1) is 0 Å². The first-order valence-electron chi connectivity index (χ1n) is 11.6. The zero-order valence-electron chi connectivity index (χ0n) is 19.7. The number of pyridine rings is 1. The largest absolute Gasteiger partial charge is 0.497 e. The van der Waals surface area contributed by atoms with Crippen molar-refractivity contribution in [3.8, 4) is 17.2 Å². The van der Waals surface area contributed by atoms with Crippen LogP contribution >= 0.6 is 0 Å². The SMILES string of the molecule is COc1ccnc(C23CCN(C(=O)c4ccc(OCC5CC(F)(F)C5)c(OC)c4)CC2OCO3)c1. The van der Waals surface area contributed by atoms with Crippen molar-refractivity contribution < 1.29 is 37.3 Å². The number of benzene rings is 1. The lowest BCUT2D eigenvalue weighted by Crippen LogP contribution is -2.53. The van der Waals surface area contributed by atoms with Gasteiger partial charge in [-0.3, -0.25) is 9.78 Å². The second-order valence-electron chi connectivity index (χ2n) is 9.20. The van der Waals surface area contributed by atoms with Crippen LogP contribution in [0.25, 0.3) is 0 Å². The average molecular weight is 491 g/mol. The maximum Gasteiger partial charge on any atom is 0.254 e. The number of nitrogens with zero attached hydrogens (tertiary/aromatic N) is 2. The molecule has 10 heteroatoms. The molecule has 1 aromatic carbocycles. The summed E-state index contributed by atoms with van der Waals surface area (Å²) < 4.78 is 54.5. The number of aromatic nitrogens is 1. The van der Waals surface area contributed by atoms with Gasteiger partial charge in [0.1, 0.15) is 24.2 Å². The number of amides is 1. The number of fused-ring (bicyclic) bond motifs is 1. The summed E-state index contributed by atoms with van der Waals surface area (Å²) in [6.45, 7) is 1.10. The fourth-order valence-electron chi connectivity index (χ4n) is 5.01. The van der Waals surface area contributed by atoms with Crippen LogP contribution in [-0.4, -0.2) is 68.5 Å². The number of rotatable bonds is 7. The third-order valence-corrected chi connectivity index (χ3v) is 6.99. The molecular weight excluding hydrogens is 462 g/mol. The summed E-state index contributed by atoms with van der Waals surface area (Å²) in [7, 11) is 3.08. The van der Waals surface area contributed by atoms with Crippen LogP contribution < -0.4 is 14.2 Å². The molecule has 2 aliphatic heterocycles. The van der Waals surface area contributed by atoms with Crippen LogP contribution in [0.2, 0.25) is 0 Å². The van der Waals surface area contributed by atoms with E-state index in [4.69, 9.17) is 23.7 Å². The molecule has 1 saturated carbocycles. The van der Waals surface area contributed by atoms with Gasteiger partial charge >= 0.3 is 0 Å². The van der Waals surface area contributed by atoms with E-state index in [1.54, 1.807) is 42.5 Å². The van der Waals surface area contributed by atoms with Gasteiger partial charge in [-0.05, 0) is 24.3 Å². The fourth-order valence-corrected chi connectivity index (χ4v) is 5.01. The number of carbonyl (C=O) groups excluding carboxylic acids is 1. The molecule has 3 aliphatic rings. The van der Waals surface area contributed by atoms with Crippen molar-refractivity contribution in [2.75, 3.05) is 40.7 Å². The number of alkyl halides is 2. The second-order valence-corrected chi connectivity index (χ2v) is 9.20. The first kappa shape index (κ1) is 23.7. The predicted molar refractivity (Wildman–Crippen MR) is 120 cm³/mol. The molecule has 1 amide bonds. The van der Waals surface area contributed by atoms with Gasteiger partial charge in [-0.2, -0.15) is 0 Å². The summed E-state index contributed by atoms with van der Waals surface area (Å²) in [4.78, 5) is 19.5. The molecule has 0 radical (unpaired) electrons. The Kier molecular flexibility index (Phi) is 6.27. The van der Waals surface area contributed by atoms with E-state index in [1.165, 1.54) is 7.11 Å². The summed E-state index contributed by atoms with van der Waals surface area (Å²) in [5.41, 5.74) is 0.424. The van der Waals surface area contributed by atoms with E-state index < -0.39 is 11.5 Å². The molecular formula is C25H28F2N2O6. The van der Waals surface area contributed by atoms with Gasteiger partial charge in [-0.1, -0.05) is 0 Å². The predicted octanol–water partition coefficient (Wildman–Crippen LogP) is 3.64. The van der Waals surface area contributed by atoms with Crippen molar-refractivity contribution in [3.05, 3.63) is 47.8 Å². The Labute approximate surface area is 202 Å². The zero-order valence-corrected chi connectivity index (χ0v) is 19.7. The molecule has 2 atom stereocenters. The van der Waals surface area contributed by atoms with Crippen molar-refractivity contribution in [2.24, 2.45) is 5.92 Å². The van der Waals surface area contributed by atoms with Crippen molar-refractivity contribution in [3.63, 3.8) is 0 Å². The van der Waals surface area contributed by atoms with Crippen molar-refractivity contribution >= 4 is 5.91 Å². The van der Waals surface area contributed by atoms with Crippen LogP contribution in [0, 0.1) is 5.92 Å². The van der Waals surface area contributed by atoms with Gasteiger partial charge in [-0.25, -0.2) is 8.78 Å². The van der Waals surface area contributed by atoms with Gasteiger partial charge in [0.05, 0.1) is 33.1 Å². The summed E-state index contributed by atoms with van der Waals surface area (Å²) in [6, 6.07) is 8.53. The lowest BCUT2D eigenvalue weighted by molar-refractivity contribution is -0.119. The van der Waals surface area contributed by atoms with E-state index in [0.717, 1.165) is 5.69 Å². The Bertz CT molecular complexity index is 1090. The van der Waals surface area contributed by atoms with Crippen LogP contribution in [0.5, 0.6) is 17.2 Å². The van der Waals surface area contributed by atoms with Gasteiger partial charge in [0.2, 0.25) is 5.92 Å². The topological polar surface area (TPSA) is 79.4 Å². The van der Waals surface area contributed by atoms with E-state index >= 15 is 0 Å². The number of ether oxygens (including phenoxy) is 5. The molecule has 0 N–H and O–H groups in total. The monoisotopic (exact) mass is 490 g/mol. The molecule has 0 bridgehead atoms. The number of hydrogen-bond acceptors (Lipinski definition) is 7. The van der Waals surface area contributed by atoms with Gasteiger partial charge in [0.25, 0.3) is 5.91 Å². The molecule has 35 heavy (non-hydrogen) atoms. The highest BCUT2D eigenvalue weighted by Gasteiger charge is 2.52. The Hall–Kier alpha value is -2.98. The normalized spacial score (nSPS) is 25.5. The Morgan fingerprint density at radius 1 is 1.17 bits per heavy atom. The highest BCUT2D eigenvalue weighted by molar-refractivity contribution is 5.95. The Morgan fingerprint density at radius 2 is 2.00 bits per heavy atom. The zero-order chi connectivity index (χ0) is 24.6. The highest BCUT2D eigenvalue weighted by Crippen LogP contribution is 2.44. The molecule has 2 aromatic rings. The maximum absolute atomic E-state index is 13.3. The number of methoxy groups -OCH3 is 2. The molecule has 8 nitrogen and oxygen atoms in total. The number of hydrogen-bond donors (Lipinski definition) is 0. The van der Waals surface area contributed by atoms with Gasteiger partial charge < -0.3 is 28.6 Å². The smallest absolute Gasteiger partial charge is 0.254 e. The van der Waals surface area contributed by atoms with Crippen LogP contribution in [0.4, 0.5) is 8.78 Å². The molecule has 3 heterocycles. The summed E-state index contributed by atoms with van der Waals surface area (Å²) in [5.74, 6) is -1.45. The average Bonchev–Trinajstić information content (AvgIpc) is 3.30. The molecule has 188 valence electrons. The molecule has 3 fully saturated rings. The number of halogens is 2. The maximum atomic E-state index is 13.3. The van der Waals surface area contributed by atoms with Crippen molar-refractivity contribution in [2.45, 2.75) is 36.9 Å². The van der Waals surface area contributed by atoms with E-state index in [9.17, 15) is 13.6 Å². The number of likely N-dealkylation sites (tertiary alicyclic amines) is 1. The first-order valence-corrected chi connectivity index (χ1v) is 11.6. The Balaban J connectivity index is 1.27. The van der Waals surface area contributed by atoms with E-state index in [2.05, 4.69) is 4.98 Å². The van der Waals surface area contributed by atoms with E-state index in [1.807, 2.05) is 6.07 Å². The van der Waals surface area contributed by atoms with E-state index in [0.29, 0.717) is 42.3 Å². The van der Waals surface area contributed by atoms with Crippen LogP contribution in [0.3, 0.4) is 0 Å². The molecule has 0 spiro atoms. The number of piperidine rings is 1. The minimum absolute atomic E-state index is 0.123. The van der Waals surface area contributed by atoms with E-state index in [-0.39, 0.29) is 44.2 Å². The highest BCUT2D eigenvalue weighted by atomic mass is 19.3. The van der Waals surface area contributed by atoms with Gasteiger partial charge in [0.15, 0.2) is 11.5 Å². The minimum atomic E-state index is -2.59.